The molecule has 0 fully saturated rings. The number of fused-ring (bicyclic) bond motifs is 2. The van der Waals surface area contributed by atoms with Gasteiger partial charge in [-0.05, 0) is 25.0 Å². The average molecular weight is 204 g/mol. The molecule has 0 spiro atoms. The number of hydrogen-bond acceptors (Lipinski definition) is 3. The van der Waals surface area contributed by atoms with Crippen molar-refractivity contribution in [2.75, 3.05) is 13.1 Å². The molecule has 0 saturated heterocycles. The molecule has 0 amide bonds. The van der Waals surface area contributed by atoms with Gasteiger partial charge in [0, 0.05) is 36.6 Å². The Morgan fingerprint density at radius 3 is 3.33 bits per heavy atom. The van der Waals surface area contributed by atoms with E-state index in [-0.39, 0.29) is 6.10 Å². The van der Waals surface area contributed by atoms with Crippen molar-refractivity contribution in [3.63, 3.8) is 0 Å². The highest BCUT2D eigenvalue weighted by atomic mass is 16.3. The van der Waals surface area contributed by atoms with Crippen LogP contribution in [-0.4, -0.2) is 29.2 Å². The second-order valence-electron chi connectivity index (χ2n) is 4.34. The number of aliphatic hydroxyl groups excluding tert-OH is 1. The van der Waals surface area contributed by atoms with E-state index in [1.807, 2.05) is 0 Å². The summed E-state index contributed by atoms with van der Waals surface area (Å²) in [5.74, 6) is 0. The summed E-state index contributed by atoms with van der Waals surface area (Å²) in [5, 5.41) is 13.2. The van der Waals surface area contributed by atoms with Gasteiger partial charge in [-0.25, -0.2) is 0 Å². The number of rotatable bonds is 0. The van der Waals surface area contributed by atoms with Crippen LogP contribution in [0.25, 0.3) is 0 Å². The molecule has 3 rings (SSSR count). The van der Waals surface area contributed by atoms with E-state index in [0.29, 0.717) is 0 Å². The van der Waals surface area contributed by atoms with Crippen molar-refractivity contribution in [2.24, 2.45) is 0 Å². The first-order valence-electron chi connectivity index (χ1n) is 5.63. The first-order valence-corrected chi connectivity index (χ1v) is 5.63. The molecule has 1 aliphatic carbocycles. The first-order chi connectivity index (χ1) is 7.34. The van der Waals surface area contributed by atoms with Crippen LogP contribution in [0.5, 0.6) is 0 Å². The Balaban J connectivity index is 1.96. The zero-order valence-corrected chi connectivity index (χ0v) is 8.74. The zero-order chi connectivity index (χ0) is 10.3. The quantitative estimate of drug-likeness (QED) is 0.620. The smallest absolute Gasteiger partial charge is 0.0599 e. The molecule has 0 aromatic carbocycles. The van der Waals surface area contributed by atoms with Crippen molar-refractivity contribution in [1.29, 1.82) is 0 Å². The molecule has 15 heavy (non-hydrogen) atoms. The molecule has 0 bridgehead atoms. The molecule has 0 unspecified atom stereocenters. The molecule has 2 aliphatic heterocycles. The van der Waals surface area contributed by atoms with Crippen molar-refractivity contribution in [3.8, 4) is 0 Å². The topological polar surface area (TPSA) is 35.5 Å². The van der Waals surface area contributed by atoms with Crippen molar-refractivity contribution < 1.29 is 5.11 Å². The summed E-state index contributed by atoms with van der Waals surface area (Å²) in [5.41, 5.74) is 3.90. The number of nitrogens with one attached hydrogen (secondary N) is 1. The van der Waals surface area contributed by atoms with Gasteiger partial charge in [0.1, 0.15) is 0 Å². The van der Waals surface area contributed by atoms with Gasteiger partial charge in [-0.3, -0.25) is 0 Å². The van der Waals surface area contributed by atoms with E-state index in [0.717, 1.165) is 32.4 Å². The van der Waals surface area contributed by atoms with E-state index in [1.165, 1.54) is 17.1 Å². The molecule has 3 aliphatic rings. The summed E-state index contributed by atoms with van der Waals surface area (Å²) in [6.45, 7) is 1.87. The van der Waals surface area contributed by atoms with Crippen LogP contribution in [0.4, 0.5) is 0 Å². The predicted molar refractivity (Wildman–Crippen MR) is 58.8 cm³/mol. The van der Waals surface area contributed by atoms with Gasteiger partial charge in [0.05, 0.1) is 6.10 Å². The Morgan fingerprint density at radius 1 is 1.47 bits per heavy atom. The zero-order valence-electron chi connectivity index (χ0n) is 8.74. The molecule has 0 aromatic rings. The van der Waals surface area contributed by atoms with Gasteiger partial charge < -0.3 is 15.3 Å². The first kappa shape index (κ1) is 9.04. The molecule has 3 nitrogen and oxygen atoms in total. The van der Waals surface area contributed by atoms with Crippen LogP contribution < -0.4 is 5.32 Å². The Bertz CT molecular complexity index is 368. The molecule has 2 N–H and O–H groups in total. The highest BCUT2D eigenvalue weighted by Gasteiger charge is 2.27. The Morgan fingerprint density at radius 2 is 2.40 bits per heavy atom. The fourth-order valence-electron chi connectivity index (χ4n) is 2.56. The summed E-state index contributed by atoms with van der Waals surface area (Å²) < 4.78 is 0. The lowest BCUT2D eigenvalue weighted by atomic mass is 9.97. The van der Waals surface area contributed by atoms with E-state index in [2.05, 4.69) is 28.4 Å². The fourth-order valence-corrected chi connectivity index (χ4v) is 2.56. The molecule has 80 valence electrons. The monoisotopic (exact) mass is 204 g/mol. The van der Waals surface area contributed by atoms with Gasteiger partial charge in [0.15, 0.2) is 0 Å². The second-order valence-corrected chi connectivity index (χ2v) is 4.34. The molecule has 1 atom stereocenters. The van der Waals surface area contributed by atoms with Crippen LogP contribution in [0.2, 0.25) is 0 Å². The van der Waals surface area contributed by atoms with Crippen molar-refractivity contribution in [2.45, 2.75) is 25.4 Å². The minimum absolute atomic E-state index is 0.162. The van der Waals surface area contributed by atoms with Crippen molar-refractivity contribution in [3.05, 3.63) is 35.3 Å². The summed E-state index contributed by atoms with van der Waals surface area (Å²) in [4.78, 5) is 2.32. The van der Waals surface area contributed by atoms with E-state index in [1.54, 1.807) is 0 Å². The van der Waals surface area contributed by atoms with Crippen LogP contribution in [0, 0.1) is 0 Å². The van der Waals surface area contributed by atoms with Crippen LogP contribution in [-0.2, 0) is 0 Å². The Hall–Kier alpha value is -1.22. The predicted octanol–water partition coefficient (Wildman–Crippen LogP) is 1.10. The van der Waals surface area contributed by atoms with Gasteiger partial charge in [0.2, 0.25) is 0 Å². The summed E-state index contributed by atoms with van der Waals surface area (Å²) in [6, 6.07) is 0. The van der Waals surface area contributed by atoms with Gasteiger partial charge in [-0.2, -0.15) is 0 Å². The number of hydrogen-bond donors (Lipinski definition) is 2. The molecular weight excluding hydrogens is 188 g/mol. The molecule has 3 heteroatoms. The number of allylic oxidation sites excluding steroid dienone is 2. The van der Waals surface area contributed by atoms with E-state index in [4.69, 9.17) is 0 Å². The normalized spacial score (nSPS) is 29.3. The third-order valence-corrected chi connectivity index (χ3v) is 3.35. The summed E-state index contributed by atoms with van der Waals surface area (Å²) >= 11 is 0. The fraction of sp³-hybridized carbons (Fsp3) is 0.500. The van der Waals surface area contributed by atoms with Crippen molar-refractivity contribution >= 4 is 0 Å². The maximum atomic E-state index is 9.73. The van der Waals surface area contributed by atoms with Gasteiger partial charge >= 0.3 is 0 Å². The SMILES string of the molecule is O[C@@H]1CCC2=C(C1)N1CC=CC1=CCN2. The van der Waals surface area contributed by atoms with E-state index >= 15 is 0 Å². The molecule has 0 radical (unpaired) electrons. The molecule has 2 heterocycles. The number of nitrogens with zero attached hydrogens (tertiary/aromatic N) is 1. The highest BCUT2D eigenvalue weighted by molar-refractivity contribution is 5.34. The Labute approximate surface area is 89.8 Å². The van der Waals surface area contributed by atoms with Crippen LogP contribution >= 0.6 is 0 Å². The van der Waals surface area contributed by atoms with Crippen LogP contribution in [0.15, 0.2) is 35.3 Å². The van der Waals surface area contributed by atoms with Crippen LogP contribution in [0.3, 0.4) is 0 Å². The van der Waals surface area contributed by atoms with Crippen molar-refractivity contribution in [1.82, 2.24) is 10.2 Å². The lowest BCUT2D eigenvalue weighted by Crippen LogP contribution is -2.29. The standard InChI is InChI=1S/C12H16N2O/c15-10-3-4-11-12(8-10)14-7-1-2-9(14)5-6-13-11/h1-2,5,10,13,15H,3-4,6-8H2/t10-/m1/s1. The number of aliphatic hydroxyl groups is 1. The maximum absolute atomic E-state index is 9.73. The lowest BCUT2D eigenvalue weighted by Gasteiger charge is -2.30. The minimum Gasteiger partial charge on any atom is -0.393 e. The minimum atomic E-state index is -0.162. The summed E-state index contributed by atoms with van der Waals surface area (Å²) in [7, 11) is 0. The molecule has 0 aromatic heterocycles. The summed E-state index contributed by atoms with van der Waals surface area (Å²) in [6.07, 6.45) is 9.07. The van der Waals surface area contributed by atoms with E-state index in [9.17, 15) is 5.11 Å². The van der Waals surface area contributed by atoms with Gasteiger partial charge in [0.25, 0.3) is 0 Å². The average Bonchev–Trinajstić information content (AvgIpc) is 2.62. The Kier molecular flexibility index (Phi) is 2.06. The largest absolute Gasteiger partial charge is 0.393 e. The molecule has 0 saturated carbocycles. The van der Waals surface area contributed by atoms with Gasteiger partial charge in [-0.1, -0.05) is 6.08 Å². The lowest BCUT2D eigenvalue weighted by molar-refractivity contribution is 0.147. The second kappa shape index (κ2) is 3.42. The van der Waals surface area contributed by atoms with Gasteiger partial charge in [-0.15, -0.1) is 0 Å². The highest BCUT2D eigenvalue weighted by Crippen LogP contribution is 2.32. The maximum Gasteiger partial charge on any atom is 0.0599 e. The van der Waals surface area contributed by atoms with Crippen LogP contribution in [0.1, 0.15) is 19.3 Å². The van der Waals surface area contributed by atoms with E-state index < -0.39 is 0 Å². The molecular formula is C12H16N2O. The third-order valence-electron chi connectivity index (χ3n) is 3.35. The third kappa shape index (κ3) is 1.47.